The van der Waals surface area contributed by atoms with E-state index in [2.05, 4.69) is 204 Å². The molecule has 0 amide bonds. The molecule has 0 bridgehead atoms. The van der Waals surface area contributed by atoms with E-state index in [0.29, 0.717) is 0 Å². The van der Waals surface area contributed by atoms with Crippen LogP contribution in [0.1, 0.15) is 11.1 Å². The van der Waals surface area contributed by atoms with Gasteiger partial charge in [-0.15, -0.1) is 0 Å². The third-order valence-electron chi connectivity index (χ3n) is 11.2. The van der Waals surface area contributed by atoms with Gasteiger partial charge in [-0.05, 0) is 105 Å². The average molecular weight is 675 g/mol. The number of hydrogen-bond acceptors (Lipinski definition) is 1. The maximum atomic E-state index is 2.47. The first-order chi connectivity index (χ1) is 26.3. The van der Waals surface area contributed by atoms with Crippen LogP contribution in [0.3, 0.4) is 0 Å². The van der Waals surface area contributed by atoms with Crippen molar-refractivity contribution in [3.63, 3.8) is 0 Å². The van der Waals surface area contributed by atoms with Crippen molar-refractivity contribution in [1.82, 2.24) is 4.57 Å². The lowest BCUT2D eigenvalue weighted by Crippen LogP contribution is -2.12. The van der Waals surface area contributed by atoms with Gasteiger partial charge in [0.25, 0.3) is 0 Å². The van der Waals surface area contributed by atoms with Gasteiger partial charge in [0.15, 0.2) is 0 Å². The van der Waals surface area contributed by atoms with Gasteiger partial charge in [-0.3, -0.25) is 0 Å². The number of rotatable bonds is 5. The SMILES string of the molecule is c1ccc2c(c1)Cc1c-2c(-c2ccccc2N(c2ccc(-n3c4ccccc4c4ccccc43)cc2)c2cccc3ccccc23)cc2ccccc12. The Morgan fingerprint density at radius 1 is 0.396 bits per heavy atom. The molecular formula is C51H34N2. The first kappa shape index (κ1) is 29.8. The predicted octanol–water partition coefficient (Wildman–Crippen LogP) is 13.8. The number of aromatic nitrogens is 1. The molecule has 0 radical (unpaired) electrons. The standard InChI is InChI=1S/C51H34N2/c1-5-19-40-34(14-1)17-13-27-47(40)52(37-28-30-38(31-29-37)53-48-24-10-7-21-42(48)43-22-8-11-25-49(43)53)50-26-12-9-23-44(50)46-32-35-15-2-4-18-39(35)45-33-36-16-3-6-20-41(36)51(45)46/h1-32H,33H2. The Balaban J connectivity index is 1.16. The number of nitrogens with zero attached hydrogens (tertiary/aromatic N) is 2. The number of hydrogen-bond donors (Lipinski definition) is 0. The zero-order chi connectivity index (χ0) is 34.9. The number of fused-ring (bicyclic) bond motifs is 9. The molecule has 0 unspecified atom stereocenters. The van der Waals surface area contributed by atoms with Crippen LogP contribution in [0.4, 0.5) is 17.1 Å². The van der Waals surface area contributed by atoms with Crippen molar-refractivity contribution in [1.29, 1.82) is 0 Å². The molecule has 9 aromatic carbocycles. The molecule has 1 heterocycles. The molecule has 0 spiro atoms. The smallest absolute Gasteiger partial charge is 0.0541 e. The number of anilines is 3. The molecule has 1 aliphatic carbocycles. The first-order valence-electron chi connectivity index (χ1n) is 18.4. The van der Waals surface area contributed by atoms with Gasteiger partial charge in [-0.25, -0.2) is 0 Å². The largest absolute Gasteiger partial charge is 0.309 e. The fourth-order valence-corrected chi connectivity index (χ4v) is 8.89. The molecule has 10 aromatic rings. The molecular weight excluding hydrogens is 641 g/mol. The van der Waals surface area contributed by atoms with Crippen molar-refractivity contribution < 1.29 is 0 Å². The van der Waals surface area contributed by atoms with E-state index in [1.54, 1.807) is 0 Å². The van der Waals surface area contributed by atoms with Gasteiger partial charge >= 0.3 is 0 Å². The third kappa shape index (κ3) is 4.59. The van der Waals surface area contributed by atoms with Crippen LogP contribution in [0.2, 0.25) is 0 Å². The Labute approximate surface area is 308 Å². The van der Waals surface area contributed by atoms with E-state index in [4.69, 9.17) is 0 Å². The van der Waals surface area contributed by atoms with E-state index >= 15 is 0 Å². The highest BCUT2D eigenvalue weighted by Crippen LogP contribution is 2.50. The molecule has 1 aromatic heterocycles. The van der Waals surface area contributed by atoms with Gasteiger partial charge in [0, 0.05) is 33.1 Å². The molecule has 0 saturated carbocycles. The van der Waals surface area contributed by atoms with Crippen molar-refractivity contribution in [2.75, 3.05) is 4.90 Å². The van der Waals surface area contributed by atoms with Crippen LogP contribution in [0.5, 0.6) is 0 Å². The average Bonchev–Trinajstić information content (AvgIpc) is 3.78. The van der Waals surface area contributed by atoms with Crippen molar-refractivity contribution in [2.24, 2.45) is 0 Å². The summed E-state index contributed by atoms with van der Waals surface area (Å²) in [6.07, 6.45) is 0.944. The summed E-state index contributed by atoms with van der Waals surface area (Å²) in [6.45, 7) is 0. The van der Waals surface area contributed by atoms with Crippen LogP contribution >= 0.6 is 0 Å². The Bertz CT molecular complexity index is 2980. The van der Waals surface area contributed by atoms with Gasteiger partial charge in [-0.2, -0.15) is 0 Å². The summed E-state index contributed by atoms with van der Waals surface area (Å²) < 4.78 is 2.39. The fraction of sp³-hybridized carbons (Fsp3) is 0.0196. The molecule has 0 aliphatic heterocycles. The van der Waals surface area contributed by atoms with E-state index in [0.717, 1.165) is 29.2 Å². The molecule has 2 nitrogen and oxygen atoms in total. The molecule has 0 N–H and O–H groups in total. The van der Waals surface area contributed by atoms with E-state index < -0.39 is 0 Å². The molecule has 11 rings (SSSR count). The van der Waals surface area contributed by atoms with Crippen LogP contribution in [-0.2, 0) is 6.42 Å². The van der Waals surface area contributed by atoms with Gasteiger partial charge in [0.1, 0.15) is 0 Å². The molecule has 0 atom stereocenters. The van der Waals surface area contributed by atoms with Crippen molar-refractivity contribution >= 4 is 60.4 Å². The van der Waals surface area contributed by atoms with Crippen molar-refractivity contribution in [2.45, 2.75) is 6.42 Å². The summed E-state index contributed by atoms with van der Waals surface area (Å²) in [6, 6.07) is 71.2. The summed E-state index contributed by atoms with van der Waals surface area (Å²) in [7, 11) is 0. The second-order valence-electron chi connectivity index (χ2n) is 14.1. The molecule has 248 valence electrons. The minimum absolute atomic E-state index is 0.944. The Hall–Kier alpha value is -6.90. The van der Waals surface area contributed by atoms with Crippen LogP contribution in [0.15, 0.2) is 194 Å². The Morgan fingerprint density at radius 2 is 0.962 bits per heavy atom. The highest BCUT2D eigenvalue weighted by atomic mass is 15.1. The monoisotopic (exact) mass is 674 g/mol. The summed E-state index contributed by atoms with van der Waals surface area (Å²) in [4.78, 5) is 2.47. The maximum Gasteiger partial charge on any atom is 0.0541 e. The van der Waals surface area contributed by atoms with E-state index in [1.807, 2.05) is 0 Å². The number of benzene rings is 9. The molecule has 53 heavy (non-hydrogen) atoms. The summed E-state index contributed by atoms with van der Waals surface area (Å²) in [5, 5.41) is 7.58. The second kappa shape index (κ2) is 11.8. The lowest BCUT2D eigenvalue weighted by molar-refractivity contribution is 1.17. The minimum atomic E-state index is 0.944. The highest BCUT2D eigenvalue weighted by Gasteiger charge is 2.27. The lowest BCUT2D eigenvalue weighted by atomic mass is 9.89. The lowest BCUT2D eigenvalue weighted by Gasteiger charge is -2.30. The summed E-state index contributed by atoms with van der Waals surface area (Å²) in [5.74, 6) is 0. The van der Waals surface area contributed by atoms with Gasteiger partial charge < -0.3 is 9.47 Å². The Kier molecular flexibility index (Phi) is 6.65. The summed E-state index contributed by atoms with van der Waals surface area (Å²) >= 11 is 0. The zero-order valence-electron chi connectivity index (χ0n) is 29.1. The van der Waals surface area contributed by atoms with Crippen LogP contribution in [-0.4, -0.2) is 4.57 Å². The fourth-order valence-electron chi connectivity index (χ4n) is 8.89. The van der Waals surface area contributed by atoms with Crippen LogP contribution in [0.25, 0.3) is 71.3 Å². The Morgan fingerprint density at radius 3 is 1.74 bits per heavy atom. The van der Waals surface area contributed by atoms with Gasteiger partial charge in [0.05, 0.1) is 22.4 Å². The molecule has 0 fully saturated rings. The molecule has 1 aliphatic rings. The van der Waals surface area contributed by atoms with E-state index in [1.165, 1.54) is 76.7 Å². The van der Waals surface area contributed by atoms with Gasteiger partial charge in [-0.1, -0.05) is 140 Å². The van der Waals surface area contributed by atoms with E-state index in [-0.39, 0.29) is 0 Å². The summed E-state index contributed by atoms with van der Waals surface area (Å²) in [5.41, 5.74) is 15.0. The second-order valence-corrected chi connectivity index (χ2v) is 14.1. The van der Waals surface area contributed by atoms with Crippen molar-refractivity contribution in [3.05, 3.63) is 205 Å². The highest BCUT2D eigenvalue weighted by molar-refractivity contribution is 6.10. The first-order valence-corrected chi connectivity index (χ1v) is 18.4. The third-order valence-corrected chi connectivity index (χ3v) is 11.2. The molecule has 2 heteroatoms. The van der Waals surface area contributed by atoms with E-state index in [9.17, 15) is 0 Å². The topological polar surface area (TPSA) is 8.17 Å². The minimum Gasteiger partial charge on any atom is -0.309 e. The maximum absolute atomic E-state index is 2.47. The van der Waals surface area contributed by atoms with Crippen LogP contribution in [0, 0.1) is 0 Å². The molecule has 0 saturated heterocycles. The van der Waals surface area contributed by atoms with Crippen LogP contribution < -0.4 is 4.90 Å². The van der Waals surface area contributed by atoms with Crippen molar-refractivity contribution in [3.8, 4) is 27.9 Å². The quantitative estimate of drug-likeness (QED) is 0.176. The predicted molar refractivity (Wildman–Crippen MR) is 224 cm³/mol. The van der Waals surface area contributed by atoms with Gasteiger partial charge in [0.2, 0.25) is 0 Å². The normalized spacial score (nSPS) is 12.1. The zero-order valence-corrected chi connectivity index (χ0v) is 29.1. The number of para-hydroxylation sites is 3.